The number of hydrogen-bond donors (Lipinski definition) is 2. The third-order valence-corrected chi connectivity index (χ3v) is 3.84. The van der Waals surface area contributed by atoms with Gasteiger partial charge in [-0.3, -0.25) is 4.79 Å². The molecule has 0 saturated heterocycles. The number of amides is 1. The summed E-state index contributed by atoms with van der Waals surface area (Å²) in [5, 5.41) is 2.85. The lowest BCUT2D eigenvalue weighted by Gasteiger charge is -2.12. The number of hydrogen-bond acceptors (Lipinski definition) is 4. The van der Waals surface area contributed by atoms with Crippen LogP contribution in [0.2, 0.25) is 0 Å². The molecule has 0 aliphatic rings. The number of nitrogens with zero attached hydrogens (tertiary/aromatic N) is 1. The van der Waals surface area contributed by atoms with Gasteiger partial charge >= 0.3 is 0 Å². The lowest BCUT2D eigenvalue weighted by atomic mass is 10.1. The Morgan fingerprint density at radius 2 is 2.00 bits per heavy atom. The molecule has 0 aliphatic heterocycles. The number of carbonyl (C=O) groups is 1. The van der Waals surface area contributed by atoms with Crippen molar-refractivity contribution in [3.8, 4) is 0 Å². The second kappa shape index (κ2) is 9.73. The number of rotatable bonds is 5. The number of aromatic nitrogens is 1. The monoisotopic (exact) mass is 347 g/mol. The number of nitrogens with two attached hydrogens (primary N) is 1. The van der Waals surface area contributed by atoms with E-state index in [9.17, 15) is 4.79 Å². The van der Waals surface area contributed by atoms with E-state index >= 15 is 0 Å². The highest BCUT2D eigenvalue weighted by molar-refractivity contribution is 7.09. The van der Waals surface area contributed by atoms with E-state index in [0.717, 1.165) is 16.1 Å². The molecule has 4 nitrogen and oxygen atoms in total. The van der Waals surface area contributed by atoms with Crippen molar-refractivity contribution >= 4 is 42.1 Å². The van der Waals surface area contributed by atoms with Crippen LogP contribution in [-0.2, 0) is 17.8 Å². The molecular weight excluding hydrogens is 329 g/mol. The molecule has 1 aromatic heterocycles. The average Bonchev–Trinajstić information content (AvgIpc) is 2.82. The number of benzene rings is 1. The van der Waals surface area contributed by atoms with Crippen LogP contribution in [0.15, 0.2) is 35.8 Å². The molecular formula is C14H19Cl2N3OS. The Bertz CT molecular complexity index is 548. The number of halogens is 2. The molecule has 1 aromatic carbocycles. The van der Waals surface area contributed by atoms with Gasteiger partial charge in [0.05, 0.1) is 23.8 Å². The second-order valence-electron chi connectivity index (χ2n) is 4.37. The van der Waals surface area contributed by atoms with Crippen molar-refractivity contribution < 1.29 is 4.79 Å². The summed E-state index contributed by atoms with van der Waals surface area (Å²) in [7, 11) is 0. The Labute approximate surface area is 141 Å². The van der Waals surface area contributed by atoms with Gasteiger partial charge < -0.3 is 11.1 Å². The van der Waals surface area contributed by atoms with Gasteiger partial charge in [0.15, 0.2) is 0 Å². The second-order valence-corrected chi connectivity index (χ2v) is 5.31. The van der Waals surface area contributed by atoms with E-state index in [0.29, 0.717) is 13.0 Å². The van der Waals surface area contributed by atoms with Gasteiger partial charge in [0.25, 0.3) is 0 Å². The zero-order chi connectivity index (χ0) is 13.7. The molecule has 1 heterocycles. The van der Waals surface area contributed by atoms with Crippen molar-refractivity contribution in [3.05, 3.63) is 52.0 Å². The van der Waals surface area contributed by atoms with E-state index in [1.54, 1.807) is 16.8 Å². The molecule has 0 fully saturated rings. The van der Waals surface area contributed by atoms with Crippen molar-refractivity contribution in [2.24, 2.45) is 5.73 Å². The minimum atomic E-state index is -0.518. The smallest absolute Gasteiger partial charge is 0.237 e. The van der Waals surface area contributed by atoms with Crippen LogP contribution in [0.3, 0.4) is 0 Å². The first kappa shape index (κ1) is 19.9. The highest BCUT2D eigenvalue weighted by Crippen LogP contribution is 2.11. The average molecular weight is 348 g/mol. The summed E-state index contributed by atoms with van der Waals surface area (Å²) >= 11 is 1.54. The summed E-state index contributed by atoms with van der Waals surface area (Å²) in [5.74, 6) is -0.128. The number of thiazole rings is 1. The van der Waals surface area contributed by atoms with Gasteiger partial charge in [0.1, 0.15) is 0 Å². The molecule has 0 radical (unpaired) electrons. The van der Waals surface area contributed by atoms with Crippen LogP contribution < -0.4 is 11.1 Å². The summed E-state index contributed by atoms with van der Waals surface area (Å²) in [5.41, 5.74) is 9.71. The SMILES string of the molecule is Cc1ncsc1CNC(=O)C(N)Cc1ccccc1.Cl.Cl. The predicted octanol–water partition coefficient (Wildman–Crippen LogP) is 2.48. The molecule has 0 bridgehead atoms. The zero-order valence-electron chi connectivity index (χ0n) is 11.6. The highest BCUT2D eigenvalue weighted by Gasteiger charge is 2.14. The largest absolute Gasteiger partial charge is 0.350 e. The Morgan fingerprint density at radius 3 is 2.57 bits per heavy atom. The molecule has 2 rings (SSSR count). The fraction of sp³-hybridized carbons (Fsp3) is 0.286. The Balaban J connectivity index is 0.00000200. The van der Waals surface area contributed by atoms with Crippen LogP contribution in [0.4, 0.5) is 0 Å². The zero-order valence-corrected chi connectivity index (χ0v) is 14.1. The van der Waals surface area contributed by atoms with Gasteiger partial charge in [-0.2, -0.15) is 0 Å². The normalized spacial score (nSPS) is 11.0. The molecule has 0 saturated carbocycles. The molecule has 2 aromatic rings. The molecule has 0 aliphatic carbocycles. The third kappa shape index (κ3) is 6.01. The van der Waals surface area contributed by atoms with E-state index in [2.05, 4.69) is 10.3 Å². The van der Waals surface area contributed by atoms with E-state index in [1.165, 1.54) is 0 Å². The fourth-order valence-electron chi connectivity index (χ4n) is 1.76. The number of aryl methyl sites for hydroxylation is 1. The molecule has 0 spiro atoms. The van der Waals surface area contributed by atoms with Crippen molar-refractivity contribution in [3.63, 3.8) is 0 Å². The molecule has 3 N–H and O–H groups in total. The molecule has 21 heavy (non-hydrogen) atoms. The van der Waals surface area contributed by atoms with Crippen LogP contribution in [-0.4, -0.2) is 16.9 Å². The summed E-state index contributed by atoms with van der Waals surface area (Å²) in [4.78, 5) is 17.1. The molecule has 116 valence electrons. The maximum absolute atomic E-state index is 11.9. The minimum absolute atomic E-state index is 0. The summed E-state index contributed by atoms with van der Waals surface area (Å²) in [6, 6.07) is 9.26. The van der Waals surface area contributed by atoms with Gasteiger partial charge in [-0.15, -0.1) is 36.2 Å². The standard InChI is InChI=1S/C14H17N3OS.2ClH/c1-10-13(19-9-17-10)8-16-14(18)12(15)7-11-5-3-2-4-6-11;;/h2-6,9,12H,7-8,15H2,1H3,(H,16,18);2*1H. The van der Waals surface area contributed by atoms with Gasteiger partial charge in [-0.25, -0.2) is 4.98 Å². The molecule has 7 heteroatoms. The van der Waals surface area contributed by atoms with Crippen molar-refractivity contribution in [2.45, 2.75) is 25.9 Å². The van der Waals surface area contributed by atoms with Crippen LogP contribution in [0.5, 0.6) is 0 Å². The lowest BCUT2D eigenvalue weighted by molar-refractivity contribution is -0.122. The molecule has 1 atom stereocenters. The molecule has 1 unspecified atom stereocenters. The number of nitrogens with one attached hydrogen (secondary N) is 1. The summed E-state index contributed by atoms with van der Waals surface area (Å²) < 4.78 is 0. The maximum atomic E-state index is 11.9. The van der Waals surface area contributed by atoms with Gasteiger partial charge in [0, 0.05) is 4.88 Å². The van der Waals surface area contributed by atoms with Crippen LogP contribution in [0.25, 0.3) is 0 Å². The van der Waals surface area contributed by atoms with E-state index in [1.807, 2.05) is 37.3 Å². The topological polar surface area (TPSA) is 68.0 Å². The predicted molar refractivity (Wildman–Crippen MR) is 91.3 cm³/mol. The lowest BCUT2D eigenvalue weighted by Crippen LogP contribution is -2.41. The fourth-order valence-corrected chi connectivity index (χ4v) is 2.47. The van der Waals surface area contributed by atoms with Crippen LogP contribution in [0, 0.1) is 6.92 Å². The molecule has 1 amide bonds. The summed E-state index contributed by atoms with van der Waals surface area (Å²) in [6.45, 7) is 2.43. The van der Waals surface area contributed by atoms with Gasteiger partial charge in [0.2, 0.25) is 5.91 Å². The van der Waals surface area contributed by atoms with Crippen molar-refractivity contribution in [2.75, 3.05) is 0 Å². The first-order chi connectivity index (χ1) is 9.16. The first-order valence-electron chi connectivity index (χ1n) is 6.13. The van der Waals surface area contributed by atoms with Crippen LogP contribution in [0.1, 0.15) is 16.1 Å². The Hall–Kier alpha value is -1.14. The quantitative estimate of drug-likeness (QED) is 0.872. The number of carbonyl (C=O) groups excluding carboxylic acids is 1. The van der Waals surface area contributed by atoms with E-state index < -0.39 is 6.04 Å². The van der Waals surface area contributed by atoms with Crippen LogP contribution >= 0.6 is 36.2 Å². The summed E-state index contributed by atoms with van der Waals surface area (Å²) in [6.07, 6.45) is 0.550. The Kier molecular flexibility index (Phi) is 9.21. The Morgan fingerprint density at radius 1 is 1.33 bits per heavy atom. The van der Waals surface area contributed by atoms with Crippen molar-refractivity contribution in [1.82, 2.24) is 10.3 Å². The van der Waals surface area contributed by atoms with Gasteiger partial charge in [-0.05, 0) is 18.9 Å². The highest BCUT2D eigenvalue weighted by atomic mass is 35.5. The van der Waals surface area contributed by atoms with E-state index in [4.69, 9.17) is 5.73 Å². The third-order valence-electron chi connectivity index (χ3n) is 2.90. The van der Waals surface area contributed by atoms with E-state index in [-0.39, 0.29) is 30.7 Å². The van der Waals surface area contributed by atoms with Gasteiger partial charge in [-0.1, -0.05) is 30.3 Å². The minimum Gasteiger partial charge on any atom is -0.350 e. The first-order valence-corrected chi connectivity index (χ1v) is 7.01. The maximum Gasteiger partial charge on any atom is 0.237 e. The van der Waals surface area contributed by atoms with Crippen molar-refractivity contribution in [1.29, 1.82) is 0 Å².